The van der Waals surface area contributed by atoms with Crippen molar-refractivity contribution in [2.24, 2.45) is 0 Å². The van der Waals surface area contributed by atoms with Crippen molar-refractivity contribution < 1.29 is 19.1 Å². The summed E-state index contributed by atoms with van der Waals surface area (Å²) in [7, 11) is 0. The Bertz CT molecular complexity index is 1120. The van der Waals surface area contributed by atoms with Gasteiger partial charge in [-0.05, 0) is 60.7 Å². The molecule has 0 aromatic heterocycles. The van der Waals surface area contributed by atoms with Gasteiger partial charge in [0.25, 0.3) is 11.8 Å². The lowest BCUT2D eigenvalue weighted by Gasteiger charge is -2.29. The molecule has 31 heavy (non-hydrogen) atoms. The van der Waals surface area contributed by atoms with Gasteiger partial charge in [0.15, 0.2) is 6.61 Å². The molecule has 3 aromatic carbocycles. The lowest BCUT2D eigenvalue weighted by molar-refractivity contribution is -0.121. The van der Waals surface area contributed by atoms with Crippen molar-refractivity contribution in [3.05, 3.63) is 81.8 Å². The van der Waals surface area contributed by atoms with Crippen molar-refractivity contribution in [1.82, 2.24) is 0 Å². The molecule has 1 aliphatic heterocycles. The number of halogens is 2. The third-order valence-corrected chi connectivity index (χ3v) is 5.39. The first kappa shape index (κ1) is 21.2. The first-order valence-electron chi connectivity index (χ1n) is 9.52. The Morgan fingerprint density at radius 2 is 1.94 bits per heavy atom. The van der Waals surface area contributed by atoms with Crippen molar-refractivity contribution in [2.45, 2.75) is 0 Å². The van der Waals surface area contributed by atoms with Crippen molar-refractivity contribution in [1.29, 1.82) is 0 Å². The third-order valence-electron chi connectivity index (χ3n) is 4.64. The molecule has 0 bridgehead atoms. The number of nitrogens with zero attached hydrogens (tertiary/aromatic N) is 1. The van der Waals surface area contributed by atoms with Crippen LogP contribution in [0.3, 0.4) is 0 Å². The van der Waals surface area contributed by atoms with E-state index in [1.807, 2.05) is 6.07 Å². The molecule has 0 saturated heterocycles. The molecule has 1 heterocycles. The zero-order valence-corrected chi connectivity index (χ0v) is 18.7. The highest BCUT2D eigenvalue weighted by Gasteiger charge is 2.26. The number of hydrogen-bond donors (Lipinski definition) is 1. The number of nitrogens with one attached hydrogen (secondary N) is 1. The minimum atomic E-state index is -0.248. The molecule has 2 amide bonds. The summed E-state index contributed by atoms with van der Waals surface area (Å²) >= 11 is 9.25. The Morgan fingerprint density at radius 3 is 2.71 bits per heavy atom. The fourth-order valence-corrected chi connectivity index (χ4v) is 3.67. The number of anilines is 2. The van der Waals surface area contributed by atoms with E-state index >= 15 is 0 Å². The van der Waals surface area contributed by atoms with Gasteiger partial charge in [0.05, 0.1) is 12.2 Å². The maximum Gasteiger partial charge on any atom is 0.265 e. The van der Waals surface area contributed by atoms with Gasteiger partial charge < -0.3 is 19.7 Å². The van der Waals surface area contributed by atoms with E-state index in [4.69, 9.17) is 21.1 Å². The van der Waals surface area contributed by atoms with E-state index in [0.29, 0.717) is 46.6 Å². The van der Waals surface area contributed by atoms with Gasteiger partial charge in [-0.1, -0.05) is 33.6 Å². The van der Waals surface area contributed by atoms with Gasteiger partial charge >= 0.3 is 0 Å². The number of carbonyl (C=O) groups excluding carboxylic acids is 2. The van der Waals surface area contributed by atoms with Crippen LogP contribution in [-0.2, 0) is 4.79 Å². The average molecular weight is 502 g/mol. The van der Waals surface area contributed by atoms with Crippen molar-refractivity contribution in [3.8, 4) is 11.5 Å². The molecule has 0 unspecified atom stereocenters. The molecule has 3 aromatic rings. The highest BCUT2D eigenvalue weighted by molar-refractivity contribution is 9.10. The fraction of sp³-hybridized carbons (Fsp3) is 0.130. The molecule has 158 valence electrons. The third kappa shape index (κ3) is 5.18. The second-order valence-electron chi connectivity index (χ2n) is 6.78. The fourth-order valence-electron chi connectivity index (χ4n) is 3.14. The molecule has 0 spiro atoms. The predicted molar refractivity (Wildman–Crippen MR) is 123 cm³/mol. The summed E-state index contributed by atoms with van der Waals surface area (Å²) in [6.45, 7) is 0.583. The number of carbonyl (C=O) groups is 2. The van der Waals surface area contributed by atoms with Crippen LogP contribution in [0.1, 0.15) is 10.4 Å². The molecule has 0 aliphatic carbocycles. The topological polar surface area (TPSA) is 67.9 Å². The smallest absolute Gasteiger partial charge is 0.265 e. The summed E-state index contributed by atoms with van der Waals surface area (Å²) in [4.78, 5) is 26.6. The summed E-state index contributed by atoms with van der Waals surface area (Å²) in [5, 5.41) is 3.49. The van der Waals surface area contributed by atoms with Crippen molar-refractivity contribution in [2.75, 3.05) is 30.0 Å². The molecule has 8 heteroatoms. The molecular weight excluding hydrogens is 484 g/mol. The summed E-state index contributed by atoms with van der Waals surface area (Å²) in [6, 6.07) is 19.3. The van der Waals surface area contributed by atoms with Crippen molar-refractivity contribution >= 4 is 50.7 Å². The Hall–Kier alpha value is -3.03. The summed E-state index contributed by atoms with van der Waals surface area (Å²) < 4.78 is 12.1. The maximum absolute atomic E-state index is 12.6. The maximum atomic E-state index is 12.6. The Labute approximate surface area is 192 Å². The minimum absolute atomic E-state index is 0.0440. The van der Waals surface area contributed by atoms with E-state index in [1.54, 1.807) is 65.6 Å². The first-order chi connectivity index (χ1) is 15.0. The summed E-state index contributed by atoms with van der Waals surface area (Å²) in [5.74, 6) is 0.816. The van der Waals surface area contributed by atoms with Crippen LogP contribution in [0.5, 0.6) is 11.5 Å². The lowest BCUT2D eigenvalue weighted by atomic mass is 10.2. The number of amides is 2. The van der Waals surface area contributed by atoms with E-state index in [0.717, 1.165) is 4.47 Å². The second-order valence-corrected chi connectivity index (χ2v) is 8.14. The molecule has 0 atom stereocenters. The summed E-state index contributed by atoms with van der Waals surface area (Å²) in [5.41, 5.74) is 1.67. The lowest BCUT2D eigenvalue weighted by Crippen LogP contribution is -2.41. The van der Waals surface area contributed by atoms with Crippen LogP contribution in [0.25, 0.3) is 0 Å². The normalized spacial score (nSPS) is 12.7. The Kier molecular flexibility index (Phi) is 6.44. The van der Waals surface area contributed by atoms with Crippen LogP contribution >= 0.6 is 27.5 Å². The Morgan fingerprint density at radius 1 is 1.13 bits per heavy atom. The number of ether oxygens (including phenoxy) is 2. The number of rotatable bonds is 6. The van der Waals surface area contributed by atoms with Crippen LogP contribution in [0.4, 0.5) is 11.4 Å². The Balaban J connectivity index is 1.47. The molecule has 4 rings (SSSR count). The molecule has 6 nitrogen and oxygen atoms in total. The van der Waals surface area contributed by atoms with Crippen molar-refractivity contribution in [3.63, 3.8) is 0 Å². The molecule has 1 N–H and O–H groups in total. The van der Waals surface area contributed by atoms with E-state index in [2.05, 4.69) is 21.2 Å². The highest BCUT2D eigenvalue weighted by Crippen LogP contribution is 2.34. The van der Waals surface area contributed by atoms with Gasteiger partial charge in [0.1, 0.15) is 18.1 Å². The van der Waals surface area contributed by atoms with E-state index in [1.165, 1.54) is 0 Å². The van der Waals surface area contributed by atoms with Gasteiger partial charge in [-0.15, -0.1) is 0 Å². The number of benzene rings is 3. The quantitative estimate of drug-likeness (QED) is 0.507. The zero-order valence-electron chi connectivity index (χ0n) is 16.3. The first-order valence-corrected chi connectivity index (χ1v) is 10.7. The minimum Gasteiger partial charge on any atom is -0.492 e. The predicted octanol–water partition coefficient (Wildman–Crippen LogP) is 5.16. The van der Waals surface area contributed by atoms with Crippen LogP contribution in [-0.4, -0.2) is 31.6 Å². The van der Waals surface area contributed by atoms with E-state index in [-0.39, 0.29) is 18.4 Å². The van der Waals surface area contributed by atoms with E-state index < -0.39 is 0 Å². The van der Waals surface area contributed by atoms with Gasteiger partial charge in [-0.2, -0.15) is 0 Å². The standard InChI is InChI=1S/C23H18BrClN2O4/c24-16-3-1-2-15(12-16)23(29)26-18-6-9-21-20(13-18)27(22(28)14-31-21)10-11-30-19-7-4-17(25)5-8-19/h1-9,12-13H,10-11,14H2,(H,26,29). The molecular formula is C23H18BrClN2O4. The number of fused-ring (bicyclic) bond motifs is 1. The van der Waals surface area contributed by atoms with E-state index in [9.17, 15) is 9.59 Å². The molecule has 0 saturated carbocycles. The van der Waals surface area contributed by atoms with Crippen LogP contribution in [0.2, 0.25) is 5.02 Å². The average Bonchev–Trinajstić information content (AvgIpc) is 2.76. The SMILES string of the molecule is O=C(Nc1ccc2c(c1)N(CCOc1ccc(Cl)cc1)C(=O)CO2)c1cccc(Br)c1. The largest absolute Gasteiger partial charge is 0.492 e. The van der Waals surface area contributed by atoms with Crippen LogP contribution in [0.15, 0.2) is 71.2 Å². The van der Waals surface area contributed by atoms with Crippen LogP contribution in [0, 0.1) is 0 Å². The molecule has 1 aliphatic rings. The molecule has 0 fully saturated rings. The van der Waals surface area contributed by atoms with Crippen LogP contribution < -0.4 is 19.7 Å². The van der Waals surface area contributed by atoms with Gasteiger partial charge in [0, 0.05) is 20.7 Å². The van der Waals surface area contributed by atoms with Gasteiger partial charge in [0.2, 0.25) is 0 Å². The van der Waals surface area contributed by atoms with Gasteiger partial charge in [-0.3, -0.25) is 9.59 Å². The number of hydrogen-bond acceptors (Lipinski definition) is 4. The summed E-state index contributed by atoms with van der Waals surface area (Å²) in [6.07, 6.45) is 0. The molecule has 0 radical (unpaired) electrons. The van der Waals surface area contributed by atoms with Gasteiger partial charge in [-0.25, -0.2) is 0 Å². The zero-order chi connectivity index (χ0) is 21.8. The monoisotopic (exact) mass is 500 g/mol. The second kappa shape index (κ2) is 9.41. The highest BCUT2D eigenvalue weighted by atomic mass is 79.9.